The molecule has 2 aromatic heterocycles. The van der Waals surface area contributed by atoms with E-state index in [2.05, 4.69) is 6.92 Å². The predicted octanol–water partition coefficient (Wildman–Crippen LogP) is 4.01. The van der Waals surface area contributed by atoms with E-state index >= 15 is 0 Å². The van der Waals surface area contributed by atoms with Gasteiger partial charge in [0.25, 0.3) is 5.56 Å². The molecule has 0 radical (unpaired) electrons. The summed E-state index contributed by atoms with van der Waals surface area (Å²) in [6.07, 6.45) is 2.27. The third kappa shape index (κ3) is 3.69. The highest BCUT2D eigenvalue weighted by Gasteiger charge is 2.23. The fraction of sp³-hybridized carbons (Fsp3) is 0.632. The van der Waals surface area contributed by atoms with Gasteiger partial charge < -0.3 is 4.90 Å². The molecule has 5 nitrogen and oxygen atoms in total. The zero-order valence-corrected chi connectivity index (χ0v) is 17.8. The number of rotatable bonds is 4. The number of nitrogens with zero attached hydrogens (tertiary/aromatic N) is 3. The summed E-state index contributed by atoms with van der Waals surface area (Å²) < 4.78 is 1.73. The average Bonchev–Trinajstić information content (AvgIpc) is 2.86. The molecule has 3 heterocycles. The van der Waals surface area contributed by atoms with E-state index in [1.54, 1.807) is 15.9 Å². The van der Waals surface area contributed by atoms with Gasteiger partial charge in [0.05, 0.1) is 11.1 Å². The monoisotopic (exact) mass is 393 g/mol. The van der Waals surface area contributed by atoms with Gasteiger partial charge in [-0.3, -0.25) is 14.2 Å². The Kier molecular flexibility index (Phi) is 5.77. The van der Waals surface area contributed by atoms with Crippen molar-refractivity contribution in [3.8, 4) is 0 Å². The van der Waals surface area contributed by atoms with Crippen LogP contribution in [0.5, 0.6) is 0 Å². The lowest BCUT2D eigenvalue weighted by molar-refractivity contribution is -0.130. The SMILES string of the molecule is Cc1sc2nc(SCC(=O)N3CCC[C@@H](C)C3)n(C(C)C)c(=O)c2c1C. The molecule has 0 bridgehead atoms. The number of piperidine rings is 1. The highest BCUT2D eigenvalue weighted by atomic mass is 32.2. The molecule has 142 valence electrons. The number of hydrogen-bond donors (Lipinski definition) is 0. The van der Waals surface area contributed by atoms with Gasteiger partial charge >= 0.3 is 0 Å². The van der Waals surface area contributed by atoms with E-state index in [0.29, 0.717) is 16.8 Å². The summed E-state index contributed by atoms with van der Waals surface area (Å²) in [5.74, 6) is 1.05. The zero-order valence-electron chi connectivity index (χ0n) is 16.2. The third-order valence-corrected chi connectivity index (χ3v) is 7.09. The molecule has 1 aliphatic heterocycles. The third-order valence-electron chi connectivity index (χ3n) is 5.05. The minimum atomic E-state index is 0.00613. The Hall–Kier alpha value is -1.34. The van der Waals surface area contributed by atoms with Crippen molar-refractivity contribution in [3.05, 3.63) is 20.8 Å². The Morgan fingerprint density at radius 1 is 1.38 bits per heavy atom. The van der Waals surface area contributed by atoms with Crippen LogP contribution in [0.3, 0.4) is 0 Å². The smallest absolute Gasteiger partial charge is 0.263 e. The Labute approximate surface area is 162 Å². The van der Waals surface area contributed by atoms with E-state index in [0.717, 1.165) is 40.2 Å². The molecule has 0 aromatic carbocycles. The number of aromatic nitrogens is 2. The van der Waals surface area contributed by atoms with Crippen molar-refractivity contribution in [2.24, 2.45) is 5.92 Å². The Bertz CT molecular complexity index is 885. The first-order valence-corrected chi connectivity index (χ1v) is 11.0. The number of hydrogen-bond acceptors (Lipinski definition) is 5. The van der Waals surface area contributed by atoms with E-state index in [4.69, 9.17) is 4.98 Å². The van der Waals surface area contributed by atoms with Crippen molar-refractivity contribution in [1.29, 1.82) is 0 Å². The standard InChI is InChI=1S/C19H27N3O2S2/c1-11(2)22-18(24)16-13(4)14(5)26-17(16)20-19(22)25-10-15(23)21-8-6-7-12(3)9-21/h11-12H,6-10H2,1-5H3/t12-/m1/s1. The summed E-state index contributed by atoms with van der Waals surface area (Å²) in [7, 11) is 0. The van der Waals surface area contributed by atoms with E-state index in [1.807, 2.05) is 32.6 Å². The predicted molar refractivity (Wildman–Crippen MR) is 109 cm³/mol. The zero-order chi connectivity index (χ0) is 19.0. The van der Waals surface area contributed by atoms with Gasteiger partial charge in [0.15, 0.2) is 5.16 Å². The van der Waals surface area contributed by atoms with Crippen LogP contribution in [0.25, 0.3) is 10.2 Å². The van der Waals surface area contributed by atoms with Crippen molar-refractivity contribution >= 4 is 39.2 Å². The summed E-state index contributed by atoms with van der Waals surface area (Å²) in [6, 6.07) is 0.00613. The highest BCUT2D eigenvalue weighted by molar-refractivity contribution is 7.99. The Morgan fingerprint density at radius 2 is 2.12 bits per heavy atom. The number of thiophene rings is 1. The maximum absolute atomic E-state index is 13.0. The van der Waals surface area contributed by atoms with Crippen LogP contribution in [0.2, 0.25) is 0 Å². The molecule has 1 saturated heterocycles. The second-order valence-electron chi connectivity index (χ2n) is 7.50. The number of carbonyl (C=O) groups is 1. The van der Waals surface area contributed by atoms with Gasteiger partial charge in [-0.2, -0.15) is 0 Å². The van der Waals surface area contributed by atoms with Gasteiger partial charge in [0.1, 0.15) is 4.83 Å². The quantitative estimate of drug-likeness (QED) is 0.582. The van der Waals surface area contributed by atoms with E-state index in [1.165, 1.54) is 18.2 Å². The van der Waals surface area contributed by atoms with E-state index in [9.17, 15) is 9.59 Å². The second-order valence-corrected chi connectivity index (χ2v) is 9.65. The van der Waals surface area contributed by atoms with Gasteiger partial charge in [-0.1, -0.05) is 18.7 Å². The molecule has 1 amide bonds. The first-order chi connectivity index (χ1) is 12.3. The summed E-state index contributed by atoms with van der Waals surface area (Å²) >= 11 is 2.95. The number of thioether (sulfide) groups is 1. The number of fused-ring (bicyclic) bond motifs is 1. The van der Waals surface area contributed by atoms with Crippen molar-refractivity contribution in [3.63, 3.8) is 0 Å². The summed E-state index contributed by atoms with van der Waals surface area (Å²) in [4.78, 5) is 34.2. The van der Waals surface area contributed by atoms with Crippen LogP contribution in [0.1, 0.15) is 50.1 Å². The molecule has 1 atom stereocenters. The summed E-state index contributed by atoms with van der Waals surface area (Å²) in [6.45, 7) is 11.9. The fourth-order valence-electron chi connectivity index (χ4n) is 3.48. The number of likely N-dealkylation sites (tertiary alicyclic amines) is 1. The maximum Gasteiger partial charge on any atom is 0.263 e. The number of aryl methyl sites for hydroxylation is 2. The molecule has 1 fully saturated rings. The van der Waals surface area contributed by atoms with Gasteiger partial charge in [0.2, 0.25) is 5.91 Å². The van der Waals surface area contributed by atoms with Crippen molar-refractivity contribution in [2.45, 2.75) is 58.7 Å². The van der Waals surface area contributed by atoms with Crippen LogP contribution in [0.4, 0.5) is 0 Å². The lowest BCUT2D eigenvalue weighted by Gasteiger charge is -2.30. The van der Waals surface area contributed by atoms with Crippen LogP contribution >= 0.6 is 23.1 Å². The van der Waals surface area contributed by atoms with Gasteiger partial charge in [0, 0.05) is 24.0 Å². The molecule has 2 aromatic rings. The van der Waals surface area contributed by atoms with Crippen LogP contribution in [0, 0.1) is 19.8 Å². The Balaban J connectivity index is 1.88. The van der Waals surface area contributed by atoms with E-state index in [-0.39, 0.29) is 17.5 Å². The van der Waals surface area contributed by atoms with Crippen LogP contribution in [-0.2, 0) is 4.79 Å². The average molecular weight is 394 g/mol. The molecule has 0 N–H and O–H groups in total. The van der Waals surface area contributed by atoms with Crippen LogP contribution in [0.15, 0.2) is 9.95 Å². The molecule has 3 rings (SSSR count). The summed E-state index contributed by atoms with van der Waals surface area (Å²) in [5, 5.41) is 1.37. The highest BCUT2D eigenvalue weighted by Crippen LogP contribution is 2.29. The lowest BCUT2D eigenvalue weighted by atomic mass is 10.0. The van der Waals surface area contributed by atoms with Gasteiger partial charge in [-0.25, -0.2) is 4.98 Å². The molecule has 0 aliphatic carbocycles. The molecule has 1 aliphatic rings. The molecular formula is C19H27N3O2S2. The van der Waals surface area contributed by atoms with Crippen molar-refractivity contribution in [2.75, 3.05) is 18.8 Å². The first kappa shape index (κ1) is 19.4. The topological polar surface area (TPSA) is 55.2 Å². The molecule has 0 spiro atoms. The first-order valence-electron chi connectivity index (χ1n) is 9.22. The van der Waals surface area contributed by atoms with E-state index < -0.39 is 0 Å². The second kappa shape index (κ2) is 7.72. The molecule has 0 unspecified atom stereocenters. The number of amides is 1. The van der Waals surface area contributed by atoms with Crippen LogP contribution in [-0.4, -0.2) is 39.2 Å². The maximum atomic E-state index is 13.0. The molecule has 7 heteroatoms. The fourth-order valence-corrected chi connectivity index (χ4v) is 5.58. The molecule has 26 heavy (non-hydrogen) atoms. The normalized spacial score (nSPS) is 18.1. The minimum Gasteiger partial charge on any atom is -0.342 e. The molecular weight excluding hydrogens is 366 g/mol. The largest absolute Gasteiger partial charge is 0.342 e. The van der Waals surface area contributed by atoms with Crippen molar-refractivity contribution < 1.29 is 4.79 Å². The number of carbonyl (C=O) groups excluding carboxylic acids is 1. The van der Waals surface area contributed by atoms with Crippen molar-refractivity contribution in [1.82, 2.24) is 14.5 Å². The lowest BCUT2D eigenvalue weighted by Crippen LogP contribution is -2.40. The Morgan fingerprint density at radius 3 is 2.77 bits per heavy atom. The van der Waals surface area contributed by atoms with Crippen LogP contribution < -0.4 is 5.56 Å². The minimum absolute atomic E-state index is 0.00613. The summed E-state index contributed by atoms with van der Waals surface area (Å²) in [5.41, 5.74) is 1.03. The molecule has 0 saturated carbocycles. The van der Waals surface area contributed by atoms with Gasteiger partial charge in [-0.05, 0) is 52.0 Å². The van der Waals surface area contributed by atoms with Gasteiger partial charge in [-0.15, -0.1) is 11.3 Å².